The van der Waals surface area contributed by atoms with Crippen molar-refractivity contribution in [3.05, 3.63) is 81.5 Å². The summed E-state index contributed by atoms with van der Waals surface area (Å²) in [4.78, 5) is 35.4. The Kier molecular flexibility index (Phi) is 11.8. The average Bonchev–Trinajstić information content (AvgIpc) is 2.95. The number of rotatable bonds is 7. The second kappa shape index (κ2) is 14.9. The number of piperazine rings is 1. The van der Waals surface area contributed by atoms with Gasteiger partial charge in [0.2, 0.25) is 0 Å². The van der Waals surface area contributed by atoms with E-state index < -0.39 is 11.8 Å². The third kappa shape index (κ3) is 7.76. The molecular weight excluding hydrogens is 616 g/mol. The first-order valence-corrected chi connectivity index (χ1v) is 13.9. The van der Waals surface area contributed by atoms with Crippen molar-refractivity contribution in [2.45, 2.75) is 20.0 Å². The van der Waals surface area contributed by atoms with Crippen LogP contribution in [0.1, 0.15) is 12.5 Å². The van der Waals surface area contributed by atoms with Gasteiger partial charge in [-0.3, -0.25) is 9.69 Å². The van der Waals surface area contributed by atoms with Crippen LogP contribution < -0.4 is 21.5 Å². The van der Waals surface area contributed by atoms with Crippen molar-refractivity contribution in [2.24, 2.45) is 0 Å². The van der Waals surface area contributed by atoms with Gasteiger partial charge in [0.15, 0.2) is 0 Å². The minimum Gasteiger partial charge on any atom is -0.373 e. The number of nitrogens with zero attached hydrogens (tertiary/aromatic N) is 4. The number of pyridine rings is 2. The molecule has 1 aliphatic rings. The van der Waals surface area contributed by atoms with Crippen LogP contribution in [0.5, 0.6) is 0 Å². The van der Waals surface area contributed by atoms with Gasteiger partial charge in [0.25, 0.3) is 5.56 Å². The van der Waals surface area contributed by atoms with E-state index in [1.807, 2.05) is 25.1 Å². The van der Waals surface area contributed by atoms with Crippen LogP contribution in [0.2, 0.25) is 5.02 Å². The quantitative estimate of drug-likeness (QED) is 0.222. The van der Waals surface area contributed by atoms with Crippen LogP contribution in [0, 0.1) is 5.82 Å². The topological polar surface area (TPSA) is 94.5 Å². The van der Waals surface area contributed by atoms with Gasteiger partial charge < -0.3 is 25.4 Å². The molecule has 13 heteroatoms. The van der Waals surface area contributed by atoms with Gasteiger partial charge in [0, 0.05) is 80.8 Å². The van der Waals surface area contributed by atoms with Crippen LogP contribution >= 0.6 is 36.4 Å². The lowest BCUT2D eigenvalue weighted by Gasteiger charge is -2.32. The van der Waals surface area contributed by atoms with Crippen molar-refractivity contribution >= 4 is 70.5 Å². The van der Waals surface area contributed by atoms with Crippen LogP contribution in [0.15, 0.2) is 59.5 Å². The van der Waals surface area contributed by atoms with E-state index in [0.29, 0.717) is 29.1 Å². The van der Waals surface area contributed by atoms with Gasteiger partial charge in [0.05, 0.1) is 16.2 Å². The number of urea groups is 1. The number of carbonyl (C=O) groups excluding carboxylic acids is 1. The second-order valence-electron chi connectivity index (χ2n) is 10.2. The van der Waals surface area contributed by atoms with Gasteiger partial charge in [-0.05, 0) is 49.9 Å². The molecule has 0 radical (unpaired) electrons. The number of carbonyl (C=O) groups is 1. The van der Waals surface area contributed by atoms with E-state index >= 15 is 0 Å². The van der Waals surface area contributed by atoms with E-state index in [4.69, 9.17) is 11.6 Å². The molecule has 0 bridgehead atoms. The molecule has 3 heterocycles. The van der Waals surface area contributed by atoms with Crippen molar-refractivity contribution in [1.82, 2.24) is 19.4 Å². The summed E-state index contributed by atoms with van der Waals surface area (Å²) >= 11 is 6.43. The van der Waals surface area contributed by atoms with Crippen molar-refractivity contribution in [3.8, 4) is 11.1 Å². The zero-order chi connectivity index (χ0) is 29.1. The first-order chi connectivity index (χ1) is 19.7. The summed E-state index contributed by atoms with van der Waals surface area (Å²) in [5.74, 6) is -0.0799. The predicted octanol–water partition coefficient (Wildman–Crippen LogP) is 6.15. The maximum absolute atomic E-state index is 14.9. The third-order valence-electron chi connectivity index (χ3n) is 7.33. The molecule has 2 aromatic heterocycles. The summed E-state index contributed by atoms with van der Waals surface area (Å²) < 4.78 is 16.6. The lowest BCUT2D eigenvalue weighted by Crippen LogP contribution is -2.43. The normalized spacial score (nSPS) is 13.6. The fourth-order valence-electron chi connectivity index (χ4n) is 5.06. The average molecular weight is 651 g/mol. The minimum atomic E-state index is -0.713. The fraction of sp³-hybridized carbons (Fsp3) is 0.300. The van der Waals surface area contributed by atoms with Gasteiger partial charge in [-0.25, -0.2) is 14.2 Å². The van der Waals surface area contributed by atoms with E-state index in [1.54, 1.807) is 36.0 Å². The number of fused-ring (bicyclic) bond motifs is 1. The summed E-state index contributed by atoms with van der Waals surface area (Å²) in [5.41, 5.74) is 2.60. The molecule has 3 N–H and O–H groups in total. The number of amides is 2. The fourth-order valence-corrected chi connectivity index (χ4v) is 5.32. The van der Waals surface area contributed by atoms with Crippen molar-refractivity contribution < 1.29 is 9.18 Å². The number of hydrogen-bond donors (Lipinski definition) is 3. The second-order valence-corrected chi connectivity index (χ2v) is 10.6. The Morgan fingerprint density at radius 2 is 1.77 bits per heavy atom. The number of benzene rings is 2. The Labute approximate surface area is 267 Å². The highest BCUT2D eigenvalue weighted by molar-refractivity contribution is 6.33. The maximum Gasteiger partial charge on any atom is 0.323 e. The Bertz CT molecular complexity index is 1660. The zero-order valence-corrected chi connectivity index (χ0v) is 26.5. The summed E-state index contributed by atoms with van der Waals surface area (Å²) in [6.07, 6.45) is 1.66. The minimum absolute atomic E-state index is 0. The number of aromatic nitrogens is 2. The number of anilines is 3. The van der Waals surface area contributed by atoms with Crippen LogP contribution in [0.3, 0.4) is 0 Å². The number of likely N-dealkylation sites (N-methyl/N-ethyl adjacent to an activating group) is 1. The molecule has 0 spiro atoms. The van der Waals surface area contributed by atoms with Gasteiger partial charge in [0.1, 0.15) is 11.6 Å². The molecule has 1 fully saturated rings. The molecule has 0 aliphatic carbocycles. The van der Waals surface area contributed by atoms with Crippen LogP contribution in [-0.4, -0.2) is 65.7 Å². The first-order valence-electron chi connectivity index (χ1n) is 13.5. The molecule has 0 unspecified atom stereocenters. The van der Waals surface area contributed by atoms with Crippen LogP contribution in [0.25, 0.3) is 22.0 Å². The number of halogens is 4. The molecule has 2 aromatic carbocycles. The molecule has 9 nitrogen and oxygen atoms in total. The van der Waals surface area contributed by atoms with E-state index in [2.05, 4.69) is 37.8 Å². The highest BCUT2D eigenvalue weighted by Gasteiger charge is 2.18. The summed E-state index contributed by atoms with van der Waals surface area (Å²) in [5, 5.41) is 9.12. The van der Waals surface area contributed by atoms with E-state index in [0.717, 1.165) is 49.7 Å². The molecule has 5 rings (SSSR count). The lowest BCUT2D eigenvalue weighted by atomic mass is 10.0. The summed E-state index contributed by atoms with van der Waals surface area (Å²) in [6.45, 7) is 7.09. The molecule has 43 heavy (non-hydrogen) atoms. The highest BCUT2D eigenvalue weighted by atomic mass is 35.5. The Hall–Kier alpha value is -3.41. The largest absolute Gasteiger partial charge is 0.373 e. The predicted molar refractivity (Wildman–Crippen MR) is 178 cm³/mol. The van der Waals surface area contributed by atoms with Gasteiger partial charge in [-0.15, -0.1) is 24.8 Å². The van der Waals surface area contributed by atoms with Crippen molar-refractivity contribution in [3.63, 3.8) is 0 Å². The Balaban J connectivity index is 0.00000253. The SMILES string of the molecule is CCn1c(=O)c(-c2cc(NC(=O)Nc3cccc(CN4CCN(C)CC4)c3)c(F)cc2Cl)cc2cnc(NC)cc21.Cl.Cl. The lowest BCUT2D eigenvalue weighted by molar-refractivity contribution is 0.148. The third-order valence-corrected chi connectivity index (χ3v) is 7.65. The standard InChI is InChI=1S/C30H33ClFN7O2.2ClH/c1-4-39-27-16-28(33-2)34-17-20(27)13-23(29(39)40)22-14-26(25(32)15-24(22)31)36-30(41)35-21-7-5-6-19(12-21)18-38-10-8-37(3)9-11-38;;/h5-7,12-17H,4,8-11,18H2,1-3H3,(H,33,34)(H2,35,36,41);2*1H. The monoisotopic (exact) mass is 649 g/mol. The molecule has 0 atom stereocenters. The number of aryl methyl sites for hydroxylation is 1. The maximum atomic E-state index is 14.9. The molecule has 2 amide bonds. The molecule has 0 saturated carbocycles. The smallest absolute Gasteiger partial charge is 0.323 e. The molecular formula is C30H35Cl3FN7O2. The van der Waals surface area contributed by atoms with Gasteiger partial charge in [-0.1, -0.05) is 23.7 Å². The molecule has 230 valence electrons. The van der Waals surface area contributed by atoms with Gasteiger partial charge >= 0.3 is 6.03 Å². The number of hydrogen-bond acceptors (Lipinski definition) is 6. The molecule has 1 aliphatic heterocycles. The summed E-state index contributed by atoms with van der Waals surface area (Å²) in [6, 6.07) is 13.0. The first kappa shape index (κ1) is 34.1. The Morgan fingerprint density at radius 1 is 1.02 bits per heavy atom. The summed E-state index contributed by atoms with van der Waals surface area (Å²) in [7, 11) is 3.87. The van der Waals surface area contributed by atoms with E-state index in [1.165, 1.54) is 6.07 Å². The molecule has 1 saturated heterocycles. The zero-order valence-electron chi connectivity index (χ0n) is 24.1. The highest BCUT2D eigenvalue weighted by Crippen LogP contribution is 2.33. The van der Waals surface area contributed by atoms with E-state index in [-0.39, 0.29) is 46.6 Å². The van der Waals surface area contributed by atoms with Crippen LogP contribution in [-0.2, 0) is 13.1 Å². The molecule has 4 aromatic rings. The number of nitrogens with one attached hydrogen (secondary N) is 3. The Morgan fingerprint density at radius 3 is 2.47 bits per heavy atom. The van der Waals surface area contributed by atoms with E-state index in [9.17, 15) is 14.0 Å². The van der Waals surface area contributed by atoms with Crippen LogP contribution in [0.4, 0.5) is 26.4 Å². The van der Waals surface area contributed by atoms with Gasteiger partial charge in [-0.2, -0.15) is 0 Å². The van der Waals surface area contributed by atoms with Crippen molar-refractivity contribution in [1.29, 1.82) is 0 Å². The van der Waals surface area contributed by atoms with Crippen molar-refractivity contribution in [2.75, 3.05) is 56.2 Å².